The zero-order chi connectivity index (χ0) is 22.9. The lowest BCUT2D eigenvalue weighted by Gasteiger charge is -2.27. The molecule has 0 radical (unpaired) electrons. The second-order valence-electron chi connectivity index (χ2n) is 6.98. The maximum Gasteiger partial charge on any atom is 0.262 e. The Bertz CT molecular complexity index is 923. The van der Waals surface area contributed by atoms with Crippen molar-refractivity contribution in [3.8, 4) is 18.1 Å². The Morgan fingerprint density at radius 2 is 1.59 bits per heavy atom. The smallest absolute Gasteiger partial charge is 0.262 e. The molecule has 1 aromatic carbocycles. The monoisotopic (exact) mass is 444 g/mol. The molecule has 0 aromatic heterocycles. The molecule has 1 N–H and O–H groups in total. The van der Waals surface area contributed by atoms with Gasteiger partial charge in [0.25, 0.3) is 11.8 Å². The van der Waals surface area contributed by atoms with Crippen molar-refractivity contribution >= 4 is 23.6 Å². The molecule has 0 aliphatic carbocycles. The van der Waals surface area contributed by atoms with E-state index >= 15 is 0 Å². The van der Waals surface area contributed by atoms with E-state index in [1.54, 1.807) is 6.07 Å². The van der Waals surface area contributed by atoms with E-state index < -0.39 is 29.7 Å². The number of fused-ring (bicyclic) bond motifs is 1. The molecule has 0 saturated carbocycles. The van der Waals surface area contributed by atoms with Crippen LogP contribution in [-0.2, 0) is 23.8 Å². The Balaban J connectivity index is 1.42. The van der Waals surface area contributed by atoms with E-state index in [4.69, 9.17) is 25.4 Å². The number of imide groups is 2. The summed E-state index contributed by atoms with van der Waals surface area (Å²) >= 11 is 0. The van der Waals surface area contributed by atoms with E-state index in [2.05, 4.69) is 11.2 Å². The highest BCUT2D eigenvalue weighted by Gasteiger charge is 2.44. The molecule has 2 aliphatic heterocycles. The van der Waals surface area contributed by atoms with Crippen LogP contribution in [0.3, 0.4) is 0 Å². The summed E-state index contributed by atoms with van der Waals surface area (Å²) in [6.07, 6.45) is 5.24. The number of benzene rings is 1. The minimum atomic E-state index is -0.996. The molecule has 4 amide bonds. The van der Waals surface area contributed by atoms with Gasteiger partial charge in [-0.1, -0.05) is 5.92 Å². The van der Waals surface area contributed by atoms with Crippen LogP contribution in [0, 0.1) is 12.3 Å². The summed E-state index contributed by atoms with van der Waals surface area (Å²) < 4.78 is 21.4. The fourth-order valence-electron chi connectivity index (χ4n) is 3.33. The van der Waals surface area contributed by atoms with Crippen molar-refractivity contribution in [2.45, 2.75) is 18.9 Å². The second kappa shape index (κ2) is 11.4. The molecule has 2 aliphatic rings. The molecule has 1 fully saturated rings. The lowest BCUT2D eigenvalue weighted by Crippen LogP contribution is -2.54. The van der Waals surface area contributed by atoms with Crippen molar-refractivity contribution in [1.29, 1.82) is 0 Å². The number of nitrogens with zero attached hydrogens (tertiary/aromatic N) is 1. The third-order valence-corrected chi connectivity index (χ3v) is 4.84. The maximum atomic E-state index is 12.8. The van der Waals surface area contributed by atoms with Crippen LogP contribution >= 0.6 is 0 Å². The summed E-state index contributed by atoms with van der Waals surface area (Å²) in [6.45, 7) is 2.45. The maximum absolute atomic E-state index is 12.8. The lowest BCUT2D eigenvalue weighted by atomic mass is 10.0. The van der Waals surface area contributed by atoms with Gasteiger partial charge in [-0.25, -0.2) is 0 Å². The van der Waals surface area contributed by atoms with E-state index in [1.807, 2.05) is 0 Å². The summed E-state index contributed by atoms with van der Waals surface area (Å²) in [6, 6.07) is 3.55. The van der Waals surface area contributed by atoms with Crippen molar-refractivity contribution in [2.24, 2.45) is 0 Å². The van der Waals surface area contributed by atoms with Gasteiger partial charge in [0.2, 0.25) is 11.8 Å². The van der Waals surface area contributed by atoms with Gasteiger partial charge in [-0.05, 0) is 24.6 Å². The summed E-state index contributed by atoms with van der Waals surface area (Å²) in [5, 5.41) is 2.16. The van der Waals surface area contributed by atoms with Crippen LogP contribution in [0.15, 0.2) is 18.2 Å². The van der Waals surface area contributed by atoms with Crippen molar-refractivity contribution in [2.75, 3.05) is 46.2 Å². The Morgan fingerprint density at radius 3 is 2.28 bits per heavy atom. The van der Waals surface area contributed by atoms with Gasteiger partial charge in [-0.2, -0.15) is 0 Å². The summed E-state index contributed by atoms with van der Waals surface area (Å²) in [5.41, 5.74) is 0.366. The molecule has 1 atom stereocenters. The van der Waals surface area contributed by atoms with Crippen LogP contribution in [-0.4, -0.2) is 80.8 Å². The Labute approximate surface area is 185 Å². The molecule has 0 bridgehead atoms. The number of hydrogen-bond acceptors (Lipinski definition) is 8. The minimum absolute atomic E-state index is 0.0722. The predicted molar refractivity (Wildman–Crippen MR) is 110 cm³/mol. The van der Waals surface area contributed by atoms with Gasteiger partial charge >= 0.3 is 0 Å². The van der Waals surface area contributed by atoms with Crippen LogP contribution in [0.5, 0.6) is 5.75 Å². The number of terminal acetylenes is 1. The van der Waals surface area contributed by atoms with Crippen LogP contribution in [0.1, 0.15) is 33.6 Å². The highest BCUT2D eigenvalue weighted by molar-refractivity contribution is 6.23. The first-order valence-electron chi connectivity index (χ1n) is 10.2. The summed E-state index contributed by atoms with van der Waals surface area (Å²) in [7, 11) is 0. The molecular weight excluding hydrogens is 420 g/mol. The summed E-state index contributed by atoms with van der Waals surface area (Å²) in [4.78, 5) is 49.8. The van der Waals surface area contributed by atoms with Gasteiger partial charge in [0, 0.05) is 6.42 Å². The van der Waals surface area contributed by atoms with E-state index in [-0.39, 0.29) is 37.2 Å². The average Bonchev–Trinajstić information content (AvgIpc) is 3.02. The van der Waals surface area contributed by atoms with Gasteiger partial charge in [-0.15, -0.1) is 6.42 Å². The third kappa shape index (κ3) is 5.70. The lowest BCUT2D eigenvalue weighted by molar-refractivity contribution is -0.136. The Morgan fingerprint density at radius 1 is 0.938 bits per heavy atom. The zero-order valence-corrected chi connectivity index (χ0v) is 17.5. The quantitative estimate of drug-likeness (QED) is 0.275. The largest absolute Gasteiger partial charge is 0.491 e. The van der Waals surface area contributed by atoms with Crippen molar-refractivity contribution in [3.63, 3.8) is 0 Å². The number of nitrogens with one attached hydrogen (secondary N) is 1. The fourth-order valence-corrected chi connectivity index (χ4v) is 3.33. The molecule has 170 valence electrons. The number of carbonyl (C=O) groups excluding carboxylic acids is 4. The van der Waals surface area contributed by atoms with Gasteiger partial charge in [0.1, 0.15) is 25.0 Å². The van der Waals surface area contributed by atoms with Gasteiger partial charge in [-0.3, -0.25) is 29.4 Å². The van der Waals surface area contributed by atoms with Crippen molar-refractivity contribution in [3.05, 3.63) is 29.3 Å². The second-order valence-corrected chi connectivity index (χ2v) is 6.98. The number of rotatable bonds is 12. The molecule has 2 heterocycles. The first kappa shape index (κ1) is 23.4. The Hall–Kier alpha value is -3.26. The van der Waals surface area contributed by atoms with E-state index in [0.717, 1.165) is 4.90 Å². The zero-order valence-electron chi connectivity index (χ0n) is 17.5. The van der Waals surface area contributed by atoms with E-state index in [1.165, 1.54) is 12.1 Å². The Kier molecular flexibility index (Phi) is 8.33. The molecule has 1 saturated heterocycles. The summed E-state index contributed by atoms with van der Waals surface area (Å²) in [5.74, 6) is 0.571. The standard InChI is InChI=1S/C22H24N2O8/c1-2-7-29-8-9-30-10-11-31-12-13-32-15-3-4-16-17(14-15)22(28)24(21(16)27)18-5-6-19(25)23-20(18)26/h1,3-4,14,18H,5-13H2,(H,23,25,26). The average molecular weight is 444 g/mol. The molecule has 1 aromatic rings. The molecule has 1 unspecified atom stereocenters. The number of ether oxygens (including phenoxy) is 4. The minimum Gasteiger partial charge on any atom is -0.491 e. The van der Waals surface area contributed by atoms with Crippen molar-refractivity contribution < 1.29 is 38.1 Å². The van der Waals surface area contributed by atoms with Crippen LogP contribution in [0.25, 0.3) is 0 Å². The number of amides is 4. The van der Waals surface area contributed by atoms with E-state index in [9.17, 15) is 19.2 Å². The third-order valence-electron chi connectivity index (χ3n) is 4.84. The first-order chi connectivity index (χ1) is 15.5. The van der Waals surface area contributed by atoms with Gasteiger partial charge < -0.3 is 18.9 Å². The number of carbonyl (C=O) groups is 4. The van der Waals surface area contributed by atoms with Crippen LogP contribution in [0.2, 0.25) is 0 Å². The predicted octanol–water partition coefficient (Wildman–Crippen LogP) is 0.150. The topological polar surface area (TPSA) is 120 Å². The highest BCUT2D eigenvalue weighted by Crippen LogP contribution is 2.30. The van der Waals surface area contributed by atoms with Crippen LogP contribution in [0.4, 0.5) is 0 Å². The fraction of sp³-hybridized carbons (Fsp3) is 0.455. The molecule has 10 heteroatoms. The highest BCUT2D eigenvalue weighted by atomic mass is 16.6. The SMILES string of the molecule is C#CCOCCOCCOCCOc1ccc2c(c1)C(=O)N(C1CCC(=O)NC1=O)C2=O. The van der Waals surface area contributed by atoms with Gasteiger partial charge in [0.15, 0.2) is 0 Å². The normalized spacial score (nSPS) is 17.8. The number of piperidine rings is 1. The molecular formula is C22H24N2O8. The molecule has 32 heavy (non-hydrogen) atoms. The first-order valence-corrected chi connectivity index (χ1v) is 10.2. The van der Waals surface area contributed by atoms with Gasteiger partial charge in [0.05, 0.1) is 44.2 Å². The van der Waals surface area contributed by atoms with E-state index in [0.29, 0.717) is 38.8 Å². The number of hydrogen-bond donors (Lipinski definition) is 1. The van der Waals surface area contributed by atoms with Crippen molar-refractivity contribution in [1.82, 2.24) is 10.2 Å². The molecule has 10 nitrogen and oxygen atoms in total. The molecule has 3 rings (SSSR count). The van der Waals surface area contributed by atoms with Crippen LogP contribution < -0.4 is 10.1 Å². The molecule has 0 spiro atoms.